The lowest BCUT2D eigenvalue weighted by molar-refractivity contribution is 0.535. The molecule has 1 unspecified atom stereocenters. The van der Waals surface area contributed by atoms with Gasteiger partial charge in [-0.1, -0.05) is 23.8 Å². The average molecular weight is 399 g/mol. The first-order valence-electron chi connectivity index (χ1n) is 6.34. The summed E-state index contributed by atoms with van der Waals surface area (Å²) in [5, 5.41) is 0. The molecule has 0 fully saturated rings. The molecular formula is C15H17Br2N3. The van der Waals surface area contributed by atoms with Crippen molar-refractivity contribution in [3.8, 4) is 0 Å². The molecule has 0 radical (unpaired) electrons. The smallest absolute Gasteiger partial charge is 0.0732 e. The van der Waals surface area contributed by atoms with Crippen molar-refractivity contribution in [1.82, 2.24) is 10.4 Å². The van der Waals surface area contributed by atoms with Gasteiger partial charge >= 0.3 is 0 Å². The van der Waals surface area contributed by atoms with E-state index >= 15 is 0 Å². The zero-order valence-electron chi connectivity index (χ0n) is 11.5. The third-order valence-electron chi connectivity index (χ3n) is 3.30. The molecule has 1 aromatic carbocycles. The summed E-state index contributed by atoms with van der Waals surface area (Å²) in [6, 6.07) is 8.42. The summed E-state index contributed by atoms with van der Waals surface area (Å²) < 4.78 is 1.88. The topological polar surface area (TPSA) is 50.9 Å². The van der Waals surface area contributed by atoms with Crippen LogP contribution in [0.1, 0.15) is 28.4 Å². The molecule has 106 valence electrons. The van der Waals surface area contributed by atoms with Gasteiger partial charge in [-0.3, -0.25) is 16.3 Å². The van der Waals surface area contributed by atoms with Gasteiger partial charge in [0.2, 0.25) is 0 Å². The highest BCUT2D eigenvalue weighted by molar-refractivity contribution is 9.11. The standard InChI is InChI=1S/C15H17Br2N3/c1-9-3-4-10(2)11(5-9)6-14(20-18)15-13(17)7-12(16)8-19-15/h3-5,7-8,14,20H,6,18H2,1-2H3. The van der Waals surface area contributed by atoms with Crippen LogP contribution in [0.15, 0.2) is 39.4 Å². The minimum atomic E-state index is -0.0297. The van der Waals surface area contributed by atoms with Crippen LogP contribution in [-0.4, -0.2) is 4.98 Å². The maximum Gasteiger partial charge on any atom is 0.0732 e. The van der Waals surface area contributed by atoms with Crippen molar-refractivity contribution in [2.24, 2.45) is 5.84 Å². The van der Waals surface area contributed by atoms with E-state index in [2.05, 4.69) is 74.3 Å². The van der Waals surface area contributed by atoms with E-state index in [-0.39, 0.29) is 6.04 Å². The molecule has 0 amide bonds. The van der Waals surface area contributed by atoms with Crippen LogP contribution in [0.25, 0.3) is 0 Å². The van der Waals surface area contributed by atoms with Crippen LogP contribution in [0.3, 0.4) is 0 Å². The molecule has 3 N–H and O–H groups in total. The van der Waals surface area contributed by atoms with E-state index in [0.29, 0.717) is 0 Å². The molecule has 5 heteroatoms. The number of aromatic nitrogens is 1. The van der Waals surface area contributed by atoms with Gasteiger partial charge in [0.1, 0.15) is 0 Å². The van der Waals surface area contributed by atoms with E-state index in [1.54, 1.807) is 6.20 Å². The Morgan fingerprint density at radius 2 is 2.00 bits per heavy atom. The third kappa shape index (κ3) is 3.67. The summed E-state index contributed by atoms with van der Waals surface area (Å²) >= 11 is 6.96. The number of hydrazine groups is 1. The van der Waals surface area contributed by atoms with E-state index in [9.17, 15) is 0 Å². The van der Waals surface area contributed by atoms with Gasteiger partial charge in [0.25, 0.3) is 0 Å². The van der Waals surface area contributed by atoms with Gasteiger partial charge in [0.15, 0.2) is 0 Å². The van der Waals surface area contributed by atoms with Crippen molar-refractivity contribution < 1.29 is 0 Å². The Kier molecular flexibility index (Phi) is 5.32. The van der Waals surface area contributed by atoms with Crippen molar-refractivity contribution in [3.05, 3.63) is 61.8 Å². The maximum absolute atomic E-state index is 5.73. The number of halogens is 2. The molecule has 0 bridgehead atoms. The molecule has 2 aromatic rings. The minimum absolute atomic E-state index is 0.0297. The molecule has 0 aliphatic carbocycles. The van der Waals surface area contributed by atoms with Gasteiger partial charge in [-0.2, -0.15) is 0 Å². The van der Waals surface area contributed by atoms with Gasteiger partial charge in [-0.05, 0) is 69.3 Å². The fraction of sp³-hybridized carbons (Fsp3) is 0.267. The highest BCUT2D eigenvalue weighted by atomic mass is 79.9. The number of nitrogens with zero attached hydrogens (tertiary/aromatic N) is 1. The molecule has 20 heavy (non-hydrogen) atoms. The van der Waals surface area contributed by atoms with Crippen molar-refractivity contribution >= 4 is 31.9 Å². The Bertz CT molecular complexity index is 614. The summed E-state index contributed by atoms with van der Waals surface area (Å²) in [6.07, 6.45) is 2.59. The molecule has 2 rings (SSSR count). The van der Waals surface area contributed by atoms with Crippen LogP contribution in [0.4, 0.5) is 0 Å². The van der Waals surface area contributed by atoms with Gasteiger partial charge in [0, 0.05) is 15.1 Å². The normalized spacial score (nSPS) is 12.4. The molecular weight excluding hydrogens is 382 g/mol. The molecule has 3 nitrogen and oxygen atoms in total. The zero-order valence-corrected chi connectivity index (χ0v) is 14.6. The first-order valence-corrected chi connectivity index (χ1v) is 7.93. The van der Waals surface area contributed by atoms with Crippen molar-refractivity contribution in [2.45, 2.75) is 26.3 Å². The lowest BCUT2D eigenvalue weighted by atomic mass is 9.97. The van der Waals surface area contributed by atoms with Crippen molar-refractivity contribution in [2.75, 3.05) is 0 Å². The summed E-state index contributed by atoms with van der Waals surface area (Å²) in [4.78, 5) is 4.46. The number of aryl methyl sites for hydroxylation is 2. The number of hydrogen-bond acceptors (Lipinski definition) is 3. The Balaban J connectivity index is 2.31. The van der Waals surface area contributed by atoms with E-state index in [4.69, 9.17) is 5.84 Å². The first kappa shape index (κ1) is 15.6. The average Bonchev–Trinajstić information content (AvgIpc) is 2.40. The number of nitrogens with two attached hydrogens (primary N) is 1. The SMILES string of the molecule is Cc1ccc(C)c(CC(NN)c2ncc(Br)cc2Br)c1. The Hall–Kier alpha value is -0.750. The summed E-state index contributed by atoms with van der Waals surface area (Å²) in [7, 11) is 0. The summed E-state index contributed by atoms with van der Waals surface area (Å²) in [6.45, 7) is 4.22. The number of pyridine rings is 1. The fourth-order valence-corrected chi connectivity index (χ4v) is 3.42. The number of rotatable bonds is 4. The number of nitrogens with one attached hydrogen (secondary N) is 1. The monoisotopic (exact) mass is 397 g/mol. The second-order valence-electron chi connectivity index (χ2n) is 4.87. The van der Waals surface area contributed by atoms with E-state index < -0.39 is 0 Å². The molecule has 0 spiro atoms. The van der Waals surface area contributed by atoms with Crippen LogP contribution in [-0.2, 0) is 6.42 Å². The second-order valence-corrected chi connectivity index (χ2v) is 6.64. The van der Waals surface area contributed by atoms with Gasteiger partial charge < -0.3 is 0 Å². The van der Waals surface area contributed by atoms with Crippen molar-refractivity contribution in [1.29, 1.82) is 0 Å². The second kappa shape index (κ2) is 6.80. The molecule has 1 aromatic heterocycles. The highest BCUT2D eigenvalue weighted by Crippen LogP contribution is 2.27. The largest absolute Gasteiger partial charge is 0.271 e. The van der Waals surface area contributed by atoms with E-state index in [1.807, 2.05) is 6.07 Å². The molecule has 1 atom stereocenters. The van der Waals surface area contributed by atoms with Crippen LogP contribution < -0.4 is 11.3 Å². The predicted octanol–water partition coefficient (Wildman–Crippen LogP) is 3.97. The lowest BCUT2D eigenvalue weighted by Gasteiger charge is -2.18. The number of hydrogen-bond donors (Lipinski definition) is 2. The minimum Gasteiger partial charge on any atom is -0.271 e. The summed E-state index contributed by atoms with van der Waals surface area (Å²) in [5.74, 6) is 5.73. The van der Waals surface area contributed by atoms with Crippen LogP contribution in [0.5, 0.6) is 0 Å². The number of benzene rings is 1. The first-order chi connectivity index (χ1) is 9.51. The van der Waals surface area contributed by atoms with E-state index in [0.717, 1.165) is 21.1 Å². The van der Waals surface area contributed by atoms with Crippen LogP contribution in [0.2, 0.25) is 0 Å². The Morgan fingerprint density at radius 1 is 1.25 bits per heavy atom. The van der Waals surface area contributed by atoms with Gasteiger partial charge in [0.05, 0.1) is 11.7 Å². The van der Waals surface area contributed by atoms with Crippen molar-refractivity contribution in [3.63, 3.8) is 0 Å². The van der Waals surface area contributed by atoms with Gasteiger partial charge in [-0.25, -0.2) is 0 Å². The fourth-order valence-electron chi connectivity index (χ4n) is 2.16. The lowest BCUT2D eigenvalue weighted by Crippen LogP contribution is -2.30. The quantitative estimate of drug-likeness (QED) is 0.605. The molecule has 1 heterocycles. The van der Waals surface area contributed by atoms with Gasteiger partial charge in [-0.15, -0.1) is 0 Å². The molecule has 0 saturated heterocycles. The van der Waals surface area contributed by atoms with Crippen LogP contribution >= 0.6 is 31.9 Å². The van der Waals surface area contributed by atoms with Crippen LogP contribution in [0, 0.1) is 13.8 Å². The highest BCUT2D eigenvalue weighted by Gasteiger charge is 2.16. The predicted molar refractivity (Wildman–Crippen MR) is 89.3 cm³/mol. The molecule has 0 aliphatic heterocycles. The summed E-state index contributed by atoms with van der Waals surface area (Å²) in [5.41, 5.74) is 7.58. The molecule has 0 aliphatic rings. The zero-order chi connectivity index (χ0) is 14.7. The Morgan fingerprint density at radius 3 is 2.65 bits per heavy atom. The molecule has 0 saturated carbocycles. The van der Waals surface area contributed by atoms with E-state index in [1.165, 1.54) is 16.7 Å². The maximum atomic E-state index is 5.73. The Labute approximate surface area is 136 Å². The third-order valence-corrected chi connectivity index (χ3v) is 4.37.